The van der Waals surface area contributed by atoms with Crippen molar-refractivity contribution in [1.82, 2.24) is 19.3 Å². The fourth-order valence-corrected chi connectivity index (χ4v) is 4.19. The quantitative estimate of drug-likeness (QED) is 0.479. The number of aromatic nitrogens is 3. The predicted molar refractivity (Wildman–Crippen MR) is 118 cm³/mol. The molecule has 0 bridgehead atoms. The van der Waals surface area contributed by atoms with Crippen molar-refractivity contribution < 1.29 is 4.42 Å². The summed E-state index contributed by atoms with van der Waals surface area (Å²) in [7, 11) is 2.15. The maximum atomic E-state index is 12.8. The Balaban J connectivity index is 1.55. The first-order valence-electron chi connectivity index (χ1n) is 10.3. The summed E-state index contributed by atoms with van der Waals surface area (Å²) in [6.45, 7) is 9.02. The molecule has 0 spiro atoms. The molecule has 154 valence electrons. The van der Waals surface area contributed by atoms with Crippen molar-refractivity contribution in [2.75, 3.05) is 31.6 Å². The van der Waals surface area contributed by atoms with Crippen molar-refractivity contribution >= 4 is 22.3 Å². The van der Waals surface area contributed by atoms with Crippen LogP contribution in [0.5, 0.6) is 0 Å². The van der Waals surface area contributed by atoms with Crippen LogP contribution in [0.2, 0.25) is 0 Å². The van der Waals surface area contributed by atoms with Gasteiger partial charge < -0.3 is 18.6 Å². The zero-order chi connectivity index (χ0) is 21.0. The summed E-state index contributed by atoms with van der Waals surface area (Å²) in [5.41, 5.74) is 4.85. The first kappa shape index (κ1) is 18.8. The van der Waals surface area contributed by atoms with E-state index in [0.717, 1.165) is 47.7 Å². The zero-order valence-corrected chi connectivity index (χ0v) is 17.7. The maximum Gasteiger partial charge on any atom is 0.345 e. The Morgan fingerprint density at radius 3 is 2.73 bits per heavy atom. The van der Waals surface area contributed by atoms with E-state index in [1.807, 2.05) is 48.8 Å². The van der Waals surface area contributed by atoms with Gasteiger partial charge in [-0.25, -0.2) is 9.78 Å². The van der Waals surface area contributed by atoms with Gasteiger partial charge in [0.2, 0.25) is 0 Å². The molecule has 0 unspecified atom stereocenters. The average Bonchev–Trinajstić information content (AvgIpc) is 3.13. The van der Waals surface area contributed by atoms with Gasteiger partial charge in [0.1, 0.15) is 5.58 Å². The van der Waals surface area contributed by atoms with Crippen LogP contribution in [0.15, 0.2) is 45.9 Å². The van der Waals surface area contributed by atoms with Gasteiger partial charge in [-0.05, 0) is 46.0 Å². The molecule has 0 N–H and O–H groups in total. The molecule has 4 heterocycles. The number of rotatable bonds is 2. The van der Waals surface area contributed by atoms with E-state index in [9.17, 15) is 4.79 Å². The predicted octanol–water partition coefficient (Wildman–Crippen LogP) is 3.26. The van der Waals surface area contributed by atoms with Crippen molar-refractivity contribution in [3.63, 3.8) is 0 Å². The Hall–Kier alpha value is -3.19. The second kappa shape index (κ2) is 6.95. The van der Waals surface area contributed by atoms with Gasteiger partial charge >= 0.3 is 5.63 Å². The fraction of sp³-hybridized carbons (Fsp3) is 0.348. The molecule has 1 fully saturated rings. The van der Waals surface area contributed by atoms with Gasteiger partial charge in [-0.15, -0.1) is 0 Å². The second-order valence-electron chi connectivity index (χ2n) is 8.27. The minimum Gasteiger partial charge on any atom is -0.422 e. The number of piperazine rings is 1. The molecule has 5 rings (SSSR count). The number of hydrogen-bond acceptors (Lipinski definition) is 6. The third-order valence-corrected chi connectivity index (χ3v) is 6.05. The van der Waals surface area contributed by atoms with Gasteiger partial charge in [0.05, 0.1) is 22.6 Å². The van der Waals surface area contributed by atoms with E-state index in [0.29, 0.717) is 22.9 Å². The zero-order valence-electron chi connectivity index (χ0n) is 17.7. The summed E-state index contributed by atoms with van der Waals surface area (Å²) in [5.74, 6) is 0. The summed E-state index contributed by atoms with van der Waals surface area (Å²) in [5, 5.41) is 0.888. The van der Waals surface area contributed by atoms with Crippen LogP contribution < -0.4 is 10.5 Å². The molecular weight excluding hydrogens is 378 g/mol. The third kappa shape index (κ3) is 3.15. The SMILES string of the molecule is Cc1cn2cc(-c3cc4ccc(N5CCN(C)[C@H](C)C5)cc4oc3=O)nc2c(C)n1. The van der Waals surface area contributed by atoms with Crippen molar-refractivity contribution in [3.05, 3.63) is 58.5 Å². The molecule has 1 aromatic carbocycles. The molecule has 1 saturated heterocycles. The highest BCUT2D eigenvalue weighted by Crippen LogP contribution is 2.26. The van der Waals surface area contributed by atoms with Crippen LogP contribution >= 0.6 is 0 Å². The van der Waals surface area contributed by atoms with Crippen LogP contribution in [-0.4, -0.2) is 52.0 Å². The topological polar surface area (TPSA) is 66.9 Å². The molecule has 1 atom stereocenters. The summed E-state index contributed by atoms with van der Waals surface area (Å²) < 4.78 is 7.63. The highest BCUT2D eigenvalue weighted by atomic mass is 16.4. The molecule has 7 nitrogen and oxygen atoms in total. The minimum atomic E-state index is -0.378. The van der Waals surface area contributed by atoms with Crippen LogP contribution in [0.4, 0.5) is 5.69 Å². The van der Waals surface area contributed by atoms with E-state index >= 15 is 0 Å². The first-order chi connectivity index (χ1) is 14.4. The Labute approximate surface area is 174 Å². The van der Waals surface area contributed by atoms with Crippen molar-refractivity contribution in [2.24, 2.45) is 0 Å². The standard InChI is InChI=1S/C23H25N5O2/c1-14-11-28-13-20(25-22(28)16(3)24-14)19-9-17-5-6-18(10-21(17)30-23(19)29)27-8-7-26(4)15(2)12-27/h5-6,9-11,13,15H,7-8,12H2,1-4H3/t15-/m1/s1. The molecular formula is C23H25N5O2. The number of imidazole rings is 1. The number of hydrogen-bond donors (Lipinski definition) is 0. The Kier molecular flexibility index (Phi) is 4.36. The summed E-state index contributed by atoms with van der Waals surface area (Å²) in [6.07, 6.45) is 3.76. The average molecular weight is 403 g/mol. The largest absolute Gasteiger partial charge is 0.422 e. The number of aryl methyl sites for hydroxylation is 2. The molecule has 0 aliphatic carbocycles. The van der Waals surface area contributed by atoms with Crippen LogP contribution in [-0.2, 0) is 0 Å². The van der Waals surface area contributed by atoms with Crippen LogP contribution in [0.3, 0.4) is 0 Å². The molecule has 1 aliphatic heterocycles. The monoisotopic (exact) mass is 403 g/mol. The van der Waals surface area contributed by atoms with Crippen molar-refractivity contribution in [2.45, 2.75) is 26.8 Å². The van der Waals surface area contributed by atoms with E-state index < -0.39 is 0 Å². The highest BCUT2D eigenvalue weighted by Gasteiger charge is 2.21. The Morgan fingerprint density at radius 1 is 1.10 bits per heavy atom. The van der Waals surface area contributed by atoms with E-state index in [4.69, 9.17) is 4.42 Å². The fourth-order valence-electron chi connectivity index (χ4n) is 4.19. The highest BCUT2D eigenvalue weighted by molar-refractivity contribution is 5.84. The van der Waals surface area contributed by atoms with E-state index in [2.05, 4.69) is 39.8 Å². The lowest BCUT2D eigenvalue weighted by atomic mass is 10.1. The number of likely N-dealkylation sites (N-methyl/N-ethyl adjacent to an activating group) is 1. The number of nitrogens with zero attached hydrogens (tertiary/aromatic N) is 5. The van der Waals surface area contributed by atoms with Gasteiger partial charge in [0.25, 0.3) is 0 Å². The number of anilines is 1. The van der Waals surface area contributed by atoms with Crippen molar-refractivity contribution in [1.29, 1.82) is 0 Å². The third-order valence-electron chi connectivity index (χ3n) is 6.05. The maximum absolute atomic E-state index is 12.8. The van der Waals surface area contributed by atoms with Gasteiger partial charge in [0.15, 0.2) is 5.65 Å². The Bertz CT molecular complexity index is 1320. The molecule has 7 heteroatoms. The van der Waals surface area contributed by atoms with Gasteiger partial charge in [-0.2, -0.15) is 0 Å². The van der Waals surface area contributed by atoms with Crippen LogP contribution in [0.25, 0.3) is 27.9 Å². The lowest BCUT2D eigenvalue weighted by Crippen LogP contribution is -2.50. The molecule has 0 saturated carbocycles. The lowest BCUT2D eigenvalue weighted by Gasteiger charge is -2.39. The van der Waals surface area contributed by atoms with Gasteiger partial charge in [0, 0.05) is 55.2 Å². The number of benzene rings is 1. The molecule has 0 radical (unpaired) electrons. The second-order valence-corrected chi connectivity index (χ2v) is 8.27. The van der Waals surface area contributed by atoms with E-state index in [1.54, 1.807) is 0 Å². The van der Waals surface area contributed by atoms with Crippen LogP contribution in [0.1, 0.15) is 18.3 Å². The summed E-state index contributed by atoms with van der Waals surface area (Å²) in [4.78, 5) is 26.6. The van der Waals surface area contributed by atoms with E-state index in [1.165, 1.54) is 0 Å². The van der Waals surface area contributed by atoms with Gasteiger partial charge in [-0.3, -0.25) is 4.98 Å². The van der Waals surface area contributed by atoms with Gasteiger partial charge in [-0.1, -0.05) is 0 Å². The summed E-state index contributed by atoms with van der Waals surface area (Å²) in [6, 6.07) is 8.45. The normalized spacial score (nSPS) is 17.9. The molecule has 4 aromatic rings. The smallest absolute Gasteiger partial charge is 0.345 e. The molecule has 30 heavy (non-hydrogen) atoms. The summed E-state index contributed by atoms with van der Waals surface area (Å²) >= 11 is 0. The Morgan fingerprint density at radius 2 is 1.93 bits per heavy atom. The van der Waals surface area contributed by atoms with Crippen LogP contribution in [0, 0.1) is 13.8 Å². The van der Waals surface area contributed by atoms with Crippen molar-refractivity contribution in [3.8, 4) is 11.3 Å². The van der Waals surface area contributed by atoms with E-state index in [-0.39, 0.29) is 5.63 Å². The lowest BCUT2D eigenvalue weighted by molar-refractivity contribution is 0.234. The number of fused-ring (bicyclic) bond motifs is 2. The molecule has 3 aromatic heterocycles. The molecule has 1 aliphatic rings. The first-order valence-corrected chi connectivity index (χ1v) is 10.3. The molecule has 0 amide bonds. The minimum absolute atomic E-state index is 0.378.